The monoisotopic (exact) mass is 925 g/mol. The zero-order valence-electron chi connectivity index (χ0n) is 40.8. The highest BCUT2D eigenvalue weighted by atomic mass is 16.6. The van der Waals surface area contributed by atoms with Crippen molar-refractivity contribution in [3.8, 4) is 45.0 Å². The Hall–Kier alpha value is -7.08. The Balaban J connectivity index is 0.000000346. The SMILES string of the molecule is C.C.[2H]n1c(-c2ccc(CC(=O)[C@@H]3CCCN3C(=O)OC(C)(C)C)cc2)ccc1-c1ccc(CC(=O)[C@@H]2CCCN2C(=O)OC(C)(C)C)cc1.[2H]n1c(-c2ccc(N)cc2)ccc1-c1ccc(N)cc1. The lowest BCUT2D eigenvalue weighted by molar-refractivity contribution is -0.123. The van der Waals surface area contributed by atoms with Crippen LogP contribution in [0.25, 0.3) is 45.0 Å². The summed E-state index contributed by atoms with van der Waals surface area (Å²) in [6.45, 7) is 11.9. The number of hydrogen-bond donors (Lipinski definition) is 4. The average Bonchev–Trinajstić information content (AvgIpc) is 4.12. The Kier molecular flexibility index (Phi) is 15.9. The van der Waals surface area contributed by atoms with E-state index in [0.717, 1.165) is 69.0 Å². The van der Waals surface area contributed by atoms with Crippen molar-refractivity contribution in [2.45, 2.75) is 118 Å². The van der Waals surface area contributed by atoms with Crippen LogP contribution in [0.2, 0.25) is 2.82 Å². The van der Waals surface area contributed by atoms with Gasteiger partial charge in [0.05, 0.1) is 12.1 Å². The third-order valence-electron chi connectivity index (χ3n) is 11.5. The maximum atomic E-state index is 13.2. The Morgan fingerprint density at radius 2 is 0.794 bits per heavy atom. The topological polar surface area (TPSA) is 177 Å². The van der Waals surface area contributed by atoms with Crippen LogP contribution in [0.1, 0.15) is 93.2 Å². The number of carbonyl (C=O) groups excluding carboxylic acids is 4. The number of ketones is 2. The van der Waals surface area contributed by atoms with E-state index in [1.807, 2.05) is 163 Å². The number of nitrogens with one attached hydrogen (secondary N) is 2. The van der Waals surface area contributed by atoms with Crippen LogP contribution < -0.4 is 11.5 Å². The van der Waals surface area contributed by atoms with Crippen LogP contribution in [-0.4, -0.2) is 79.9 Å². The van der Waals surface area contributed by atoms with Crippen molar-refractivity contribution in [1.82, 2.24) is 19.8 Å². The van der Waals surface area contributed by atoms with Crippen LogP contribution in [0.4, 0.5) is 21.0 Å². The predicted molar refractivity (Wildman–Crippen MR) is 275 cm³/mol. The van der Waals surface area contributed by atoms with Crippen molar-refractivity contribution >= 4 is 35.1 Å². The quantitative estimate of drug-likeness (QED) is 0.0981. The first-order chi connectivity index (χ1) is 32.2. The van der Waals surface area contributed by atoms with Crippen molar-refractivity contribution in [3.05, 3.63) is 132 Å². The third-order valence-corrected chi connectivity index (χ3v) is 11.5. The van der Waals surface area contributed by atoms with Crippen molar-refractivity contribution in [2.24, 2.45) is 0 Å². The van der Waals surface area contributed by atoms with E-state index in [1.54, 1.807) is 9.80 Å². The molecule has 6 N–H and O–H groups in total. The molecule has 4 heterocycles. The number of anilines is 2. The maximum Gasteiger partial charge on any atom is 0.410 e. The van der Waals surface area contributed by atoms with Crippen LogP contribution >= 0.6 is 0 Å². The first-order valence-corrected chi connectivity index (χ1v) is 22.6. The second kappa shape index (κ2) is 22.1. The summed E-state index contributed by atoms with van der Waals surface area (Å²) in [6, 6.07) is 36.9. The van der Waals surface area contributed by atoms with Crippen molar-refractivity contribution < 1.29 is 31.5 Å². The minimum atomic E-state index is -0.619. The molecular formula is C56H70N6O6. The van der Waals surface area contributed by atoms with Crippen molar-refractivity contribution in [3.63, 3.8) is 0 Å². The van der Waals surface area contributed by atoms with E-state index in [-0.39, 0.29) is 39.3 Å². The summed E-state index contributed by atoms with van der Waals surface area (Å²) in [5.74, 6) is -0.0166. The van der Waals surface area contributed by atoms with E-state index in [4.69, 9.17) is 23.8 Å². The van der Waals surface area contributed by atoms with Gasteiger partial charge in [0.1, 0.15) is 11.2 Å². The molecule has 8 rings (SSSR count). The molecule has 0 unspecified atom stereocenters. The molecule has 2 aromatic heterocycles. The summed E-state index contributed by atoms with van der Waals surface area (Å²) in [4.78, 5) is 57.6. The smallest absolute Gasteiger partial charge is 0.410 e. The highest BCUT2D eigenvalue weighted by Gasteiger charge is 2.37. The number of ether oxygens (including phenoxy) is 2. The molecule has 360 valence electrons. The van der Waals surface area contributed by atoms with Crippen LogP contribution in [-0.2, 0) is 31.9 Å². The number of hydrogen-bond acceptors (Lipinski definition) is 8. The molecule has 68 heavy (non-hydrogen) atoms. The third kappa shape index (κ3) is 13.5. The van der Waals surface area contributed by atoms with Crippen LogP contribution in [0.3, 0.4) is 0 Å². The molecule has 12 nitrogen and oxygen atoms in total. The first-order valence-electron chi connectivity index (χ1n) is 23.5. The fraction of sp³-hybridized carbons (Fsp3) is 0.357. The number of aromatic amines is 2. The maximum absolute atomic E-state index is 13.2. The molecule has 12 heteroatoms. The van der Waals surface area contributed by atoms with Gasteiger partial charge in [0.15, 0.2) is 14.4 Å². The van der Waals surface area contributed by atoms with Gasteiger partial charge >= 0.3 is 12.2 Å². The van der Waals surface area contributed by atoms with E-state index in [2.05, 4.69) is 0 Å². The number of nitrogen functional groups attached to an aromatic ring is 2. The van der Waals surface area contributed by atoms with Gasteiger partial charge in [-0.25, -0.2) is 9.59 Å². The molecule has 0 aliphatic carbocycles. The summed E-state index contributed by atoms with van der Waals surface area (Å²) in [5, 5.41) is 0. The van der Waals surface area contributed by atoms with Crippen LogP contribution in [0.15, 0.2) is 121 Å². The van der Waals surface area contributed by atoms with Gasteiger partial charge in [-0.05, 0) is 149 Å². The van der Waals surface area contributed by atoms with Gasteiger partial charge in [-0.1, -0.05) is 87.6 Å². The normalized spacial score (nSPS) is 16.0. The van der Waals surface area contributed by atoms with Gasteiger partial charge in [-0.15, -0.1) is 0 Å². The summed E-state index contributed by atoms with van der Waals surface area (Å²) in [7, 11) is 0. The Bertz CT molecular complexity index is 2550. The molecule has 6 aromatic rings. The molecule has 0 saturated carbocycles. The molecule has 2 fully saturated rings. The average molecular weight is 925 g/mol. The zero-order chi connectivity index (χ0) is 48.9. The Labute approximate surface area is 405 Å². The van der Waals surface area contributed by atoms with Gasteiger partial charge < -0.3 is 30.9 Å². The molecule has 2 amide bonds. The lowest BCUT2D eigenvalue weighted by Gasteiger charge is -2.28. The number of nitrogens with zero attached hydrogens (tertiary/aromatic N) is 2. The number of H-pyrrole nitrogens is 2. The van der Waals surface area contributed by atoms with Gasteiger partial charge in [0.2, 0.25) is 0 Å². The highest BCUT2D eigenvalue weighted by molar-refractivity contribution is 5.90. The van der Waals surface area contributed by atoms with E-state index in [0.29, 0.717) is 37.3 Å². The second-order valence-corrected chi connectivity index (χ2v) is 19.0. The standard InChI is InChI=1S/C38H47N3O6.C16H15N3.2CH4/c1-37(2,3)46-35(44)40-21-7-9-31(40)33(42)23-25-11-15-27(16-12-25)29-19-20-30(39-29)28-17-13-26(14-18-28)24-34(43)32-10-8-22-41(32)36(45)47-38(4,5)6;17-13-5-1-11(2-6-13)15-9-10-16(19-15)12-3-7-14(18)8-4-12;;/h11-20,31-32,39H,7-10,21-24H2,1-6H3;1-10,19H,17-18H2;2*1H4/t31-,32-;;;/m0.../s1/i/hD2. The van der Waals surface area contributed by atoms with Gasteiger partial charge in [-0.2, -0.15) is 0 Å². The first kappa shape index (κ1) is 48.8. The largest absolute Gasteiger partial charge is 0.444 e. The number of rotatable bonds is 10. The molecular weight excluding hydrogens is 853 g/mol. The number of benzene rings is 4. The van der Waals surface area contributed by atoms with Gasteiger partial charge in [-0.3, -0.25) is 19.4 Å². The Morgan fingerprint density at radius 3 is 1.07 bits per heavy atom. The number of Topliss-reactive ketones (excluding diaryl/α,β-unsaturated/α-hetero) is 2. The summed E-state index contributed by atoms with van der Waals surface area (Å²) >= 11 is 0. The molecule has 0 spiro atoms. The van der Waals surface area contributed by atoms with Gasteiger partial charge in [0.25, 0.3) is 0 Å². The molecule has 0 bridgehead atoms. The number of aromatic nitrogens is 2. The number of nitrogens with two attached hydrogens (primary N) is 2. The molecule has 4 aromatic carbocycles. The molecule has 2 saturated heterocycles. The lowest BCUT2D eigenvalue weighted by atomic mass is 10.0. The number of amides is 2. The molecule has 2 atom stereocenters. The predicted octanol–water partition coefficient (Wildman–Crippen LogP) is 12.2. The highest BCUT2D eigenvalue weighted by Crippen LogP contribution is 2.29. The number of carbonyl (C=O) groups is 4. The number of likely N-dealkylation sites (tertiary alicyclic amines) is 2. The summed E-state index contributed by atoms with van der Waals surface area (Å²) in [5.41, 5.74) is 20.0. The van der Waals surface area contributed by atoms with Crippen LogP contribution in [0.5, 0.6) is 0 Å². The summed E-state index contributed by atoms with van der Waals surface area (Å²) in [6.07, 6.45) is 2.35. The fourth-order valence-electron chi connectivity index (χ4n) is 8.18. The molecule has 0 radical (unpaired) electrons. The van der Waals surface area contributed by atoms with Gasteiger partial charge in [0, 0.05) is 60.1 Å². The minimum absolute atomic E-state index is 0. The zero-order valence-corrected chi connectivity index (χ0v) is 38.8. The van der Waals surface area contributed by atoms with Crippen LogP contribution in [0, 0.1) is 0 Å². The second-order valence-electron chi connectivity index (χ2n) is 19.0. The fourth-order valence-corrected chi connectivity index (χ4v) is 8.18. The molecule has 2 aliphatic rings. The van der Waals surface area contributed by atoms with Crippen molar-refractivity contribution in [2.75, 3.05) is 24.6 Å². The van der Waals surface area contributed by atoms with E-state index in [9.17, 15) is 19.2 Å². The van der Waals surface area contributed by atoms with E-state index >= 15 is 0 Å². The molecule has 2 aliphatic heterocycles. The minimum Gasteiger partial charge on any atom is -0.444 e. The lowest BCUT2D eigenvalue weighted by Crippen LogP contribution is -2.43. The van der Waals surface area contributed by atoms with E-state index < -0.39 is 35.5 Å². The van der Waals surface area contributed by atoms with E-state index in [1.165, 1.54) is 9.95 Å². The Morgan fingerprint density at radius 1 is 0.515 bits per heavy atom. The summed E-state index contributed by atoms with van der Waals surface area (Å²) < 4.78 is 28.1. The van der Waals surface area contributed by atoms with Crippen molar-refractivity contribution in [1.29, 1.82) is 0 Å².